The number of hydrogen-bond acceptors (Lipinski definition) is 6. The molecule has 2 rings (SSSR count). The zero-order chi connectivity index (χ0) is 22.1. The first kappa shape index (κ1) is 23.0. The molecule has 29 heavy (non-hydrogen) atoms. The van der Waals surface area contributed by atoms with Gasteiger partial charge in [-0.05, 0) is 46.2 Å². The summed E-state index contributed by atoms with van der Waals surface area (Å²) in [7, 11) is -0.839. The number of rotatable bonds is 6. The van der Waals surface area contributed by atoms with E-state index in [0.717, 1.165) is 0 Å². The van der Waals surface area contributed by atoms with Crippen molar-refractivity contribution >= 4 is 27.2 Å². The number of oxazole rings is 1. The summed E-state index contributed by atoms with van der Waals surface area (Å²) in [4.78, 5) is 25.5. The summed E-state index contributed by atoms with van der Waals surface area (Å²) in [6.07, 6.45) is -0.491. The molecule has 2 aromatic rings. The van der Waals surface area contributed by atoms with Gasteiger partial charge in [0.05, 0.1) is 10.4 Å². The maximum Gasteiger partial charge on any atom is 0.419 e. The molecule has 1 aromatic carbocycles. The summed E-state index contributed by atoms with van der Waals surface area (Å²) in [5.74, 6) is -0.557. The molecule has 0 radical (unpaired) electrons. The Labute approximate surface area is 170 Å². The van der Waals surface area contributed by atoms with Crippen molar-refractivity contribution in [3.05, 3.63) is 28.2 Å². The molecule has 1 amide bonds. The molecule has 0 N–H and O–H groups in total. The first-order valence-corrected chi connectivity index (χ1v) is 10.8. The third kappa shape index (κ3) is 4.99. The number of aromatic nitrogens is 1. The van der Waals surface area contributed by atoms with Crippen LogP contribution in [0.4, 0.5) is 4.79 Å². The zero-order valence-corrected chi connectivity index (χ0v) is 18.8. The second-order valence-electron chi connectivity index (χ2n) is 7.90. The summed E-state index contributed by atoms with van der Waals surface area (Å²) in [6, 6.07) is 2.98. The van der Waals surface area contributed by atoms with Crippen LogP contribution in [0, 0.1) is 6.92 Å². The predicted octanol–water partition coefficient (Wildman–Crippen LogP) is 2.32. The Balaban J connectivity index is 2.22. The molecular formula is C19H29N3O6S. The largest absolute Gasteiger partial charge is 0.444 e. The van der Waals surface area contributed by atoms with Crippen LogP contribution < -0.4 is 5.76 Å². The molecule has 0 unspecified atom stereocenters. The van der Waals surface area contributed by atoms with Gasteiger partial charge in [0.2, 0.25) is 10.0 Å². The lowest BCUT2D eigenvalue weighted by atomic mass is 10.2. The number of carbonyl (C=O) groups is 1. The van der Waals surface area contributed by atoms with Gasteiger partial charge < -0.3 is 14.1 Å². The van der Waals surface area contributed by atoms with Gasteiger partial charge in [-0.1, -0.05) is 0 Å². The average molecular weight is 428 g/mol. The van der Waals surface area contributed by atoms with E-state index < -0.39 is 27.5 Å². The fourth-order valence-electron chi connectivity index (χ4n) is 2.79. The van der Waals surface area contributed by atoms with Crippen LogP contribution in [0.3, 0.4) is 0 Å². The lowest BCUT2D eigenvalue weighted by molar-refractivity contribution is 0.0255. The molecular weight excluding hydrogens is 398 g/mol. The van der Waals surface area contributed by atoms with Gasteiger partial charge in [-0.2, -0.15) is 4.31 Å². The molecule has 9 nitrogen and oxygen atoms in total. The average Bonchev–Trinajstić information content (AvgIpc) is 2.87. The molecule has 1 aromatic heterocycles. The Morgan fingerprint density at radius 3 is 2.41 bits per heavy atom. The quantitative estimate of drug-likeness (QED) is 0.701. The molecule has 0 atom stereocenters. The van der Waals surface area contributed by atoms with E-state index in [-0.39, 0.29) is 23.6 Å². The fourth-order valence-corrected chi connectivity index (χ4v) is 4.17. The SMILES string of the molecule is CCN(CCN(C)S(=O)(=O)c1cc2oc(=O)n(C)c2cc1C)C(=O)OC(C)(C)C. The first-order valence-electron chi connectivity index (χ1n) is 9.32. The van der Waals surface area contributed by atoms with Crippen LogP contribution in [-0.2, 0) is 21.8 Å². The highest BCUT2D eigenvalue weighted by Crippen LogP contribution is 2.24. The molecule has 0 saturated heterocycles. The minimum absolute atomic E-state index is 0.0576. The number of carbonyl (C=O) groups excluding carboxylic acids is 1. The van der Waals surface area contributed by atoms with Gasteiger partial charge >= 0.3 is 11.8 Å². The van der Waals surface area contributed by atoms with Crippen LogP contribution in [0.5, 0.6) is 0 Å². The number of hydrogen-bond donors (Lipinski definition) is 0. The fraction of sp³-hybridized carbons (Fsp3) is 0.579. The number of nitrogens with zero attached hydrogens (tertiary/aromatic N) is 3. The molecule has 0 aliphatic heterocycles. The summed E-state index contributed by atoms with van der Waals surface area (Å²) in [5, 5.41) is 0. The van der Waals surface area contributed by atoms with Crippen LogP contribution in [0.2, 0.25) is 0 Å². The van der Waals surface area contributed by atoms with E-state index in [2.05, 4.69) is 0 Å². The second kappa shape index (κ2) is 8.19. The number of likely N-dealkylation sites (N-methyl/N-ethyl adjacent to an activating group) is 2. The monoisotopic (exact) mass is 427 g/mol. The van der Waals surface area contributed by atoms with E-state index in [9.17, 15) is 18.0 Å². The summed E-state index contributed by atoms with van der Waals surface area (Å²) in [5.41, 5.74) is 0.602. The Bertz CT molecular complexity index is 1060. The standard InChI is InChI=1S/C19H29N3O6S/c1-8-22(18(24)28-19(3,4)5)10-9-20(6)29(25,26)16-12-15-14(11-13(16)2)21(7)17(23)27-15/h11-12H,8-10H2,1-7H3. The van der Waals surface area contributed by atoms with Crippen LogP contribution in [-0.4, -0.2) is 60.6 Å². The van der Waals surface area contributed by atoms with Gasteiger partial charge in [-0.25, -0.2) is 18.0 Å². The van der Waals surface area contributed by atoms with Crippen molar-refractivity contribution in [1.82, 2.24) is 13.8 Å². The van der Waals surface area contributed by atoms with Crippen molar-refractivity contribution in [3.63, 3.8) is 0 Å². The second-order valence-corrected chi connectivity index (χ2v) is 9.91. The lowest BCUT2D eigenvalue weighted by Gasteiger charge is -2.28. The van der Waals surface area contributed by atoms with Crippen LogP contribution >= 0.6 is 0 Å². The normalized spacial score (nSPS) is 12.6. The van der Waals surface area contributed by atoms with Gasteiger partial charge in [-0.15, -0.1) is 0 Å². The van der Waals surface area contributed by atoms with E-state index in [0.29, 0.717) is 17.6 Å². The Morgan fingerprint density at radius 2 is 1.86 bits per heavy atom. The van der Waals surface area contributed by atoms with Crippen LogP contribution in [0.1, 0.15) is 33.3 Å². The number of aryl methyl sites for hydroxylation is 2. The number of sulfonamides is 1. The third-order valence-electron chi connectivity index (χ3n) is 4.50. The van der Waals surface area contributed by atoms with Crippen molar-refractivity contribution in [1.29, 1.82) is 0 Å². The molecule has 0 saturated carbocycles. The van der Waals surface area contributed by atoms with E-state index >= 15 is 0 Å². The highest BCUT2D eigenvalue weighted by Gasteiger charge is 2.27. The van der Waals surface area contributed by atoms with E-state index in [1.54, 1.807) is 47.7 Å². The molecule has 0 bridgehead atoms. The molecule has 0 fully saturated rings. The first-order chi connectivity index (χ1) is 13.3. The minimum Gasteiger partial charge on any atom is -0.444 e. The van der Waals surface area contributed by atoms with Gasteiger partial charge in [0.15, 0.2) is 5.58 Å². The Morgan fingerprint density at radius 1 is 1.24 bits per heavy atom. The number of benzene rings is 1. The smallest absolute Gasteiger partial charge is 0.419 e. The topological polar surface area (TPSA) is 102 Å². The van der Waals surface area contributed by atoms with Crippen LogP contribution in [0.15, 0.2) is 26.2 Å². The van der Waals surface area contributed by atoms with E-state index in [4.69, 9.17) is 9.15 Å². The van der Waals surface area contributed by atoms with Crippen molar-refractivity contribution in [2.75, 3.05) is 26.7 Å². The Hall–Kier alpha value is -2.33. The molecule has 162 valence electrons. The molecule has 1 heterocycles. The maximum absolute atomic E-state index is 13.1. The van der Waals surface area contributed by atoms with Gasteiger partial charge in [0, 0.05) is 39.8 Å². The van der Waals surface area contributed by atoms with Gasteiger partial charge in [0.25, 0.3) is 0 Å². The summed E-state index contributed by atoms with van der Waals surface area (Å²) in [6.45, 7) is 9.45. The maximum atomic E-state index is 13.1. The summed E-state index contributed by atoms with van der Waals surface area (Å²) >= 11 is 0. The predicted molar refractivity (Wildman–Crippen MR) is 109 cm³/mol. The zero-order valence-electron chi connectivity index (χ0n) is 18.0. The Kier molecular flexibility index (Phi) is 6.48. The van der Waals surface area contributed by atoms with E-state index in [1.165, 1.54) is 26.9 Å². The highest BCUT2D eigenvalue weighted by molar-refractivity contribution is 7.89. The van der Waals surface area contributed by atoms with E-state index in [1.807, 2.05) is 0 Å². The molecule has 0 aliphatic rings. The number of ether oxygens (including phenoxy) is 1. The number of fused-ring (bicyclic) bond motifs is 1. The van der Waals surface area contributed by atoms with Crippen molar-refractivity contribution in [3.8, 4) is 0 Å². The van der Waals surface area contributed by atoms with Crippen molar-refractivity contribution < 1.29 is 22.4 Å². The third-order valence-corrected chi connectivity index (χ3v) is 6.49. The minimum atomic E-state index is -3.85. The number of amides is 1. The summed E-state index contributed by atoms with van der Waals surface area (Å²) < 4.78 is 39.1. The van der Waals surface area contributed by atoms with Gasteiger partial charge in [-0.3, -0.25) is 4.57 Å². The van der Waals surface area contributed by atoms with Crippen LogP contribution in [0.25, 0.3) is 11.1 Å². The molecule has 10 heteroatoms. The lowest BCUT2D eigenvalue weighted by Crippen LogP contribution is -2.41. The van der Waals surface area contributed by atoms with Crippen molar-refractivity contribution in [2.45, 2.75) is 45.1 Å². The molecule has 0 aliphatic carbocycles. The van der Waals surface area contributed by atoms with Crippen molar-refractivity contribution in [2.24, 2.45) is 7.05 Å². The van der Waals surface area contributed by atoms with Gasteiger partial charge in [0.1, 0.15) is 5.60 Å². The molecule has 0 spiro atoms. The highest BCUT2D eigenvalue weighted by atomic mass is 32.2.